The van der Waals surface area contributed by atoms with E-state index in [0.29, 0.717) is 22.5 Å². The molecule has 0 bridgehead atoms. The van der Waals surface area contributed by atoms with Gasteiger partial charge in [-0.3, -0.25) is 0 Å². The van der Waals surface area contributed by atoms with Crippen LogP contribution in [0, 0.1) is 5.82 Å². The second-order valence-corrected chi connectivity index (χ2v) is 4.80. The Bertz CT molecular complexity index is 594. The molecule has 3 rings (SSSR count). The molecule has 1 aliphatic rings. The third-order valence-electron chi connectivity index (χ3n) is 2.85. The zero-order valence-corrected chi connectivity index (χ0v) is 10.2. The van der Waals surface area contributed by atoms with Crippen LogP contribution in [-0.2, 0) is 0 Å². The lowest BCUT2D eigenvalue weighted by Gasteiger charge is -2.05. The second kappa shape index (κ2) is 4.21. The number of halogens is 2. The molecule has 0 unspecified atom stereocenters. The molecule has 18 heavy (non-hydrogen) atoms. The fraction of sp³-hybridized carbons (Fsp3) is 0.231. The number of hydrogen-bond acceptors (Lipinski definition) is 3. The smallest absolute Gasteiger partial charge is 0.161 e. The van der Waals surface area contributed by atoms with Crippen LogP contribution in [0.15, 0.2) is 24.3 Å². The van der Waals surface area contributed by atoms with Gasteiger partial charge in [-0.2, -0.15) is 0 Å². The molecule has 0 saturated heterocycles. The zero-order chi connectivity index (χ0) is 12.7. The van der Waals surface area contributed by atoms with Crippen molar-refractivity contribution in [3.63, 3.8) is 0 Å². The number of phenols is 1. The number of hydrogen-bond donors (Lipinski definition) is 1. The van der Waals surface area contributed by atoms with E-state index in [1.165, 1.54) is 12.1 Å². The van der Waals surface area contributed by atoms with Gasteiger partial charge in [0.25, 0.3) is 0 Å². The largest absolute Gasteiger partial charge is 0.508 e. The SMILES string of the molecule is Oc1cc(F)cc(-c2nc(Cl)cc(C3CC3)n2)c1. The summed E-state index contributed by atoms with van der Waals surface area (Å²) < 4.78 is 13.2. The predicted molar refractivity (Wildman–Crippen MR) is 66.1 cm³/mol. The van der Waals surface area contributed by atoms with E-state index in [-0.39, 0.29) is 5.75 Å². The highest BCUT2D eigenvalue weighted by molar-refractivity contribution is 6.29. The quantitative estimate of drug-likeness (QED) is 0.844. The standard InChI is InChI=1S/C13H10ClFN2O/c14-12-6-11(7-1-2-7)16-13(17-12)8-3-9(15)5-10(18)4-8/h3-7,18H,1-2H2. The average molecular weight is 265 g/mol. The van der Waals surface area contributed by atoms with Crippen LogP contribution in [0.1, 0.15) is 24.5 Å². The fourth-order valence-electron chi connectivity index (χ4n) is 1.86. The van der Waals surface area contributed by atoms with Gasteiger partial charge in [-0.15, -0.1) is 0 Å². The van der Waals surface area contributed by atoms with E-state index in [1.54, 1.807) is 6.07 Å². The minimum atomic E-state index is -0.526. The fourth-order valence-corrected chi connectivity index (χ4v) is 2.05. The molecule has 0 radical (unpaired) electrons. The van der Waals surface area contributed by atoms with Crippen LogP contribution in [0.4, 0.5) is 4.39 Å². The summed E-state index contributed by atoms with van der Waals surface area (Å²) in [6, 6.07) is 5.48. The molecule has 1 fully saturated rings. The summed E-state index contributed by atoms with van der Waals surface area (Å²) in [5.74, 6) is 0.105. The van der Waals surface area contributed by atoms with Crippen molar-refractivity contribution in [1.29, 1.82) is 0 Å². The maximum atomic E-state index is 13.2. The van der Waals surface area contributed by atoms with Crippen molar-refractivity contribution in [3.8, 4) is 17.1 Å². The van der Waals surface area contributed by atoms with E-state index >= 15 is 0 Å². The lowest BCUT2D eigenvalue weighted by atomic mass is 10.2. The third-order valence-corrected chi connectivity index (χ3v) is 3.04. The van der Waals surface area contributed by atoms with Gasteiger partial charge in [0.1, 0.15) is 16.7 Å². The minimum Gasteiger partial charge on any atom is -0.508 e. The van der Waals surface area contributed by atoms with E-state index in [9.17, 15) is 9.50 Å². The summed E-state index contributed by atoms with van der Waals surface area (Å²) in [4.78, 5) is 8.45. The maximum Gasteiger partial charge on any atom is 0.161 e. The Morgan fingerprint density at radius 3 is 2.61 bits per heavy atom. The Morgan fingerprint density at radius 2 is 1.94 bits per heavy atom. The average Bonchev–Trinajstić information content (AvgIpc) is 3.10. The Kier molecular flexibility index (Phi) is 2.67. The summed E-state index contributed by atoms with van der Waals surface area (Å²) >= 11 is 5.94. The van der Waals surface area contributed by atoms with Crippen molar-refractivity contribution >= 4 is 11.6 Å². The highest BCUT2D eigenvalue weighted by Crippen LogP contribution is 2.40. The molecule has 1 aromatic carbocycles. The number of aromatic nitrogens is 2. The van der Waals surface area contributed by atoms with Crippen molar-refractivity contribution in [1.82, 2.24) is 9.97 Å². The summed E-state index contributed by atoms with van der Waals surface area (Å²) in [7, 11) is 0. The van der Waals surface area contributed by atoms with Gasteiger partial charge < -0.3 is 5.11 Å². The molecule has 1 N–H and O–H groups in total. The van der Waals surface area contributed by atoms with Gasteiger partial charge in [0.2, 0.25) is 0 Å². The topological polar surface area (TPSA) is 46.0 Å². The van der Waals surface area contributed by atoms with Gasteiger partial charge >= 0.3 is 0 Å². The van der Waals surface area contributed by atoms with Gasteiger partial charge in [-0.25, -0.2) is 14.4 Å². The molecular formula is C13H10ClFN2O. The molecule has 92 valence electrons. The van der Waals surface area contributed by atoms with E-state index in [4.69, 9.17) is 11.6 Å². The molecule has 1 heterocycles. The molecule has 5 heteroatoms. The molecular weight excluding hydrogens is 255 g/mol. The lowest BCUT2D eigenvalue weighted by molar-refractivity contribution is 0.469. The molecule has 0 spiro atoms. The van der Waals surface area contributed by atoms with Crippen LogP contribution in [0.25, 0.3) is 11.4 Å². The number of nitrogens with zero attached hydrogens (tertiary/aromatic N) is 2. The van der Waals surface area contributed by atoms with Crippen molar-refractivity contribution in [2.75, 3.05) is 0 Å². The van der Waals surface area contributed by atoms with Crippen LogP contribution >= 0.6 is 11.6 Å². The van der Waals surface area contributed by atoms with Gasteiger partial charge in [0, 0.05) is 23.2 Å². The Hall–Kier alpha value is -1.68. The molecule has 3 nitrogen and oxygen atoms in total. The van der Waals surface area contributed by atoms with Crippen LogP contribution in [0.2, 0.25) is 5.15 Å². The van der Waals surface area contributed by atoms with Crippen LogP contribution in [0.3, 0.4) is 0 Å². The number of phenolic OH excluding ortho intramolecular Hbond substituents is 1. The zero-order valence-electron chi connectivity index (χ0n) is 9.40. The summed E-state index contributed by atoms with van der Waals surface area (Å²) in [6.45, 7) is 0. The first-order chi connectivity index (χ1) is 8.61. The predicted octanol–water partition coefficient (Wildman–Crippen LogP) is 3.52. The summed E-state index contributed by atoms with van der Waals surface area (Å²) in [5, 5.41) is 9.73. The lowest BCUT2D eigenvalue weighted by Crippen LogP contribution is -1.95. The second-order valence-electron chi connectivity index (χ2n) is 4.41. The first kappa shape index (κ1) is 11.4. The number of rotatable bonds is 2. The van der Waals surface area contributed by atoms with Crippen molar-refractivity contribution in [2.45, 2.75) is 18.8 Å². The van der Waals surface area contributed by atoms with Crippen molar-refractivity contribution < 1.29 is 9.50 Å². The molecule has 0 atom stereocenters. The van der Waals surface area contributed by atoms with Crippen LogP contribution in [0.5, 0.6) is 5.75 Å². The summed E-state index contributed by atoms with van der Waals surface area (Å²) in [6.07, 6.45) is 2.20. The molecule has 0 amide bonds. The van der Waals surface area contributed by atoms with Crippen LogP contribution < -0.4 is 0 Å². The molecule has 1 saturated carbocycles. The number of aromatic hydroxyl groups is 1. The molecule has 2 aromatic rings. The van der Waals surface area contributed by atoms with Gasteiger partial charge in [0.05, 0.1) is 0 Å². The third kappa shape index (κ3) is 2.29. The summed E-state index contributed by atoms with van der Waals surface area (Å²) in [5.41, 5.74) is 1.31. The Balaban J connectivity index is 2.09. The Morgan fingerprint density at radius 1 is 1.17 bits per heavy atom. The first-order valence-electron chi connectivity index (χ1n) is 5.66. The van der Waals surface area contributed by atoms with E-state index in [1.807, 2.05) is 0 Å². The van der Waals surface area contributed by atoms with E-state index in [0.717, 1.165) is 24.6 Å². The number of benzene rings is 1. The van der Waals surface area contributed by atoms with E-state index < -0.39 is 5.82 Å². The van der Waals surface area contributed by atoms with Gasteiger partial charge in [-0.1, -0.05) is 11.6 Å². The first-order valence-corrected chi connectivity index (χ1v) is 6.04. The van der Waals surface area contributed by atoms with Gasteiger partial charge in [0.15, 0.2) is 5.82 Å². The van der Waals surface area contributed by atoms with E-state index in [2.05, 4.69) is 9.97 Å². The minimum absolute atomic E-state index is 0.151. The maximum absolute atomic E-state index is 13.2. The molecule has 1 aromatic heterocycles. The van der Waals surface area contributed by atoms with Crippen molar-refractivity contribution in [2.24, 2.45) is 0 Å². The highest BCUT2D eigenvalue weighted by atomic mass is 35.5. The van der Waals surface area contributed by atoms with Crippen molar-refractivity contribution in [3.05, 3.63) is 40.9 Å². The normalized spacial score (nSPS) is 14.8. The van der Waals surface area contributed by atoms with Gasteiger partial charge in [-0.05, 0) is 31.0 Å². The Labute approximate surface area is 108 Å². The van der Waals surface area contributed by atoms with Crippen LogP contribution in [-0.4, -0.2) is 15.1 Å². The monoisotopic (exact) mass is 264 g/mol. The molecule has 0 aliphatic heterocycles. The molecule has 1 aliphatic carbocycles. The highest BCUT2D eigenvalue weighted by Gasteiger charge is 2.26.